The molecule has 3 saturated carbocycles. The first-order valence-electron chi connectivity index (χ1n) is 15.1. The summed E-state index contributed by atoms with van der Waals surface area (Å²) in [6.45, 7) is 4.23. The number of aromatic nitrogens is 2. The summed E-state index contributed by atoms with van der Waals surface area (Å²) in [5.74, 6) is -0.947. The summed E-state index contributed by atoms with van der Waals surface area (Å²) >= 11 is 0.879. The van der Waals surface area contributed by atoms with Crippen molar-refractivity contribution in [3.8, 4) is 11.8 Å². The average Bonchev–Trinajstić information content (AvgIpc) is 3.73. The lowest BCUT2D eigenvalue weighted by atomic mass is 9.45. The Morgan fingerprint density at radius 1 is 1.25 bits per heavy atom. The van der Waals surface area contributed by atoms with Gasteiger partial charge in [-0.25, -0.2) is 13.9 Å². The number of allylic oxidation sites excluding steroid dienone is 1. The van der Waals surface area contributed by atoms with Crippen LogP contribution in [0.3, 0.4) is 0 Å². The third kappa shape index (κ3) is 4.16. The highest BCUT2D eigenvalue weighted by Gasteiger charge is 2.70. The van der Waals surface area contributed by atoms with Gasteiger partial charge in [-0.2, -0.15) is 10.4 Å². The molecule has 0 unspecified atom stereocenters. The zero-order valence-electron chi connectivity index (χ0n) is 24.7. The van der Waals surface area contributed by atoms with Gasteiger partial charge in [-0.3, -0.25) is 4.79 Å². The van der Waals surface area contributed by atoms with Crippen LogP contribution in [0.5, 0.6) is 0 Å². The molecule has 228 valence electrons. The van der Waals surface area contributed by atoms with Crippen LogP contribution in [-0.2, 0) is 16.0 Å². The number of carbonyl (C=O) groups is 2. The van der Waals surface area contributed by atoms with Crippen LogP contribution in [0.25, 0.3) is 11.8 Å². The molecule has 1 aromatic carbocycles. The lowest BCUT2D eigenvalue weighted by molar-refractivity contribution is -0.175. The minimum atomic E-state index is -1.48. The number of aliphatic hydroxyl groups is 1. The molecule has 7 rings (SSSR count). The van der Waals surface area contributed by atoms with Gasteiger partial charge in [0.1, 0.15) is 5.82 Å². The van der Waals surface area contributed by atoms with Crippen molar-refractivity contribution in [1.29, 1.82) is 5.26 Å². The molecular formula is C34H34FN3O5S. The quantitative estimate of drug-likeness (QED) is 0.340. The number of hydrogen-bond acceptors (Lipinski definition) is 8. The van der Waals surface area contributed by atoms with Gasteiger partial charge in [0.2, 0.25) is 10.9 Å². The van der Waals surface area contributed by atoms with E-state index in [0.717, 1.165) is 41.5 Å². The van der Waals surface area contributed by atoms with E-state index in [-0.39, 0.29) is 45.6 Å². The van der Waals surface area contributed by atoms with Crippen LogP contribution >= 0.6 is 11.8 Å². The van der Waals surface area contributed by atoms with Gasteiger partial charge in [0, 0.05) is 5.41 Å². The molecule has 3 fully saturated rings. The fourth-order valence-corrected chi connectivity index (χ4v) is 10.1. The highest BCUT2D eigenvalue weighted by Crippen LogP contribution is 2.69. The third-order valence-corrected chi connectivity index (χ3v) is 12.1. The normalized spacial score (nSPS) is 33.7. The number of aliphatic hydroxyl groups excluding tert-OH is 1. The fraction of sp³-hybridized carbons (Fsp3) is 0.471. The monoisotopic (exact) mass is 615 g/mol. The minimum Gasteiger partial charge on any atom is -0.457 e. The molecule has 2 aromatic heterocycles. The van der Waals surface area contributed by atoms with Crippen LogP contribution in [0.1, 0.15) is 67.8 Å². The van der Waals surface area contributed by atoms with Crippen LogP contribution in [0.2, 0.25) is 0 Å². The first kappa shape index (κ1) is 29.1. The van der Waals surface area contributed by atoms with E-state index in [1.807, 2.05) is 23.9 Å². The van der Waals surface area contributed by atoms with Crippen LogP contribution < -0.4 is 0 Å². The van der Waals surface area contributed by atoms with E-state index in [4.69, 9.17) is 9.15 Å². The molecule has 0 bridgehead atoms. The minimum absolute atomic E-state index is 0.0166. The van der Waals surface area contributed by atoms with E-state index >= 15 is 0 Å². The molecule has 0 spiro atoms. The van der Waals surface area contributed by atoms with Crippen LogP contribution in [0.15, 0.2) is 58.8 Å². The van der Waals surface area contributed by atoms with Crippen LogP contribution in [0.4, 0.5) is 4.39 Å². The lowest BCUT2D eigenvalue weighted by Gasteiger charge is -2.60. The molecule has 0 saturated heterocycles. The van der Waals surface area contributed by atoms with Gasteiger partial charge in [-0.15, -0.1) is 0 Å². The Morgan fingerprint density at radius 3 is 2.77 bits per heavy atom. The maximum absolute atomic E-state index is 13.9. The molecule has 4 aliphatic rings. The topological polar surface area (TPSA) is 118 Å². The summed E-state index contributed by atoms with van der Waals surface area (Å²) in [6.07, 6.45) is 8.43. The second-order valence-electron chi connectivity index (χ2n) is 13.2. The average molecular weight is 616 g/mol. The molecular weight excluding hydrogens is 581 g/mol. The standard InChI is InChI=1S/C34H34FN3O5S/c1-32-17-20-19-37-38(23-8-6-22(35)7-9-23)26(20)16-21(32)5-10-24-25-11-12-34(31(41)44-15-13-36,33(25,2)18-27(39)29(24)32)43-30(40)28-4-3-14-42-28/h3-4,6-9,14,16,19,24-25,27,29,39H,5,10-12,15,17-18H2,1-2H3/t24-,25-,27-,29+,32-,33-,34-/m0/s1. The molecule has 44 heavy (non-hydrogen) atoms. The largest absolute Gasteiger partial charge is 0.457 e. The Labute approximate surface area is 259 Å². The molecule has 7 atom stereocenters. The van der Waals surface area contributed by atoms with Crippen molar-refractivity contribution < 1.29 is 28.2 Å². The maximum Gasteiger partial charge on any atom is 0.375 e. The van der Waals surface area contributed by atoms with Crippen molar-refractivity contribution >= 4 is 28.9 Å². The molecule has 0 amide bonds. The van der Waals surface area contributed by atoms with Gasteiger partial charge in [0.15, 0.2) is 5.60 Å². The van der Waals surface area contributed by atoms with Gasteiger partial charge >= 0.3 is 5.97 Å². The Bertz CT molecular complexity index is 1690. The third-order valence-electron chi connectivity index (χ3n) is 11.2. The first-order chi connectivity index (χ1) is 21.1. The highest BCUT2D eigenvalue weighted by atomic mass is 32.2. The SMILES string of the molecule is C[C@]12Cc3cnn(-c4ccc(F)cc4)c3C=C1CC[C@@H]1[C@@H]2[C@@H](O)C[C@@]2(C)[C@H]1CC[C@]2(OC(=O)c1ccco1)C(=O)SCC#N. The van der Waals surface area contributed by atoms with E-state index in [1.54, 1.807) is 18.2 Å². The number of fused-ring (bicyclic) bond motifs is 6. The van der Waals surface area contributed by atoms with E-state index in [1.165, 1.54) is 30.0 Å². The Hall–Kier alpha value is -3.68. The number of halogens is 1. The second-order valence-corrected chi connectivity index (χ2v) is 14.1. The summed E-state index contributed by atoms with van der Waals surface area (Å²) in [5.41, 5.74) is 1.51. The lowest BCUT2D eigenvalue weighted by Crippen LogP contribution is -2.62. The van der Waals surface area contributed by atoms with Gasteiger partial charge < -0.3 is 14.3 Å². The summed E-state index contributed by atoms with van der Waals surface area (Å²) < 4.78 is 26.9. The summed E-state index contributed by atoms with van der Waals surface area (Å²) in [5, 5.41) is 25.6. The molecule has 4 aliphatic carbocycles. The number of esters is 1. The Kier molecular flexibility index (Phi) is 6.90. The van der Waals surface area contributed by atoms with Crippen LogP contribution in [-0.4, -0.2) is 43.4 Å². The molecule has 8 nitrogen and oxygen atoms in total. The number of nitriles is 1. The zero-order chi connectivity index (χ0) is 30.9. The number of carbonyl (C=O) groups excluding carboxylic acids is 2. The van der Waals surface area contributed by atoms with E-state index in [9.17, 15) is 24.3 Å². The van der Waals surface area contributed by atoms with Crippen molar-refractivity contribution in [2.24, 2.45) is 28.6 Å². The predicted octanol–water partition coefficient (Wildman–Crippen LogP) is 6.14. The van der Waals surface area contributed by atoms with Gasteiger partial charge in [0.05, 0.1) is 41.8 Å². The van der Waals surface area contributed by atoms with Crippen molar-refractivity contribution in [2.75, 3.05) is 5.75 Å². The maximum atomic E-state index is 13.9. The molecule has 1 N–H and O–H groups in total. The fourth-order valence-electron chi connectivity index (χ4n) is 9.32. The molecule has 0 aliphatic heterocycles. The first-order valence-corrected chi connectivity index (χ1v) is 16.1. The van der Waals surface area contributed by atoms with E-state index in [0.29, 0.717) is 25.7 Å². The molecule has 3 aromatic rings. The van der Waals surface area contributed by atoms with Crippen molar-refractivity contribution in [3.63, 3.8) is 0 Å². The Balaban J connectivity index is 1.23. The van der Waals surface area contributed by atoms with Crippen molar-refractivity contribution in [2.45, 2.75) is 64.1 Å². The van der Waals surface area contributed by atoms with E-state index < -0.39 is 23.1 Å². The number of nitrogens with zero attached hydrogens (tertiary/aromatic N) is 3. The number of rotatable bonds is 5. The smallest absolute Gasteiger partial charge is 0.375 e. The number of furan rings is 1. The van der Waals surface area contributed by atoms with Crippen molar-refractivity contribution in [3.05, 3.63) is 77.3 Å². The molecule has 10 heteroatoms. The number of benzene rings is 1. The summed E-state index contributed by atoms with van der Waals surface area (Å²) in [6, 6.07) is 11.4. The van der Waals surface area contributed by atoms with Gasteiger partial charge in [-0.1, -0.05) is 31.2 Å². The summed E-state index contributed by atoms with van der Waals surface area (Å²) in [7, 11) is 0. The highest BCUT2D eigenvalue weighted by molar-refractivity contribution is 8.14. The van der Waals surface area contributed by atoms with Gasteiger partial charge in [-0.05, 0) is 110 Å². The second kappa shape index (κ2) is 10.5. The number of hydrogen-bond donors (Lipinski definition) is 1. The summed E-state index contributed by atoms with van der Waals surface area (Å²) in [4.78, 5) is 27.2. The predicted molar refractivity (Wildman–Crippen MR) is 161 cm³/mol. The zero-order valence-corrected chi connectivity index (χ0v) is 25.5. The van der Waals surface area contributed by atoms with Gasteiger partial charge in [0.25, 0.3) is 0 Å². The van der Waals surface area contributed by atoms with Crippen LogP contribution in [0, 0.1) is 45.7 Å². The Morgan fingerprint density at radius 2 is 2.05 bits per heavy atom. The van der Waals surface area contributed by atoms with Crippen molar-refractivity contribution in [1.82, 2.24) is 9.78 Å². The number of thioether (sulfide) groups is 1. The molecule has 2 heterocycles. The molecule has 0 radical (unpaired) electrons. The number of ether oxygens (including phenoxy) is 1. The van der Waals surface area contributed by atoms with E-state index in [2.05, 4.69) is 18.1 Å².